The fourth-order valence-electron chi connectivity index (χ4n) is 3.53. The van der Waals surface area contributed by atoms with Gasteiger partial charge in [-0.25, -0.2) is 0 Å². The zero-order valence-electron chi connectivity index (χ0n) is 16.9. The molecule has 1 aliphatic rings. The quantitative estimate of drug-likeness (QED) is 0.628. The predicted molar refractivity (Wildman–Crippen MR) is 114 cm³/mol. The monoisotopic (exact) mass is 392 g/mol. The SMILES string of the molecule is C=CCN1CCCN(C(=O)C(=O)NC(C)c2ccc(-c3ccncc3)cc2)CC1. The Labute approximate surface area is 172 Å². The van der Waals surface area contributed by atoms with Crippen molar-refractivity contribution in [2.75, 3.05) is 32.7 Å². The summed E-state index contributed by atoms with van der Waals surface area (Å²) in [5, 5.41) is 2.84. The minimum absolute atomic E-state index is 0.248. The van der Waals surface area contributed by atoms with E-state index in [2.05, 4.69) is 21.8 Å². The standard InChI is InChI=1S/C23H28N4O2/c1-3-13-26-14-4-15-27(17-16-26)23(29)22(28)25-18(2)19-5-7-20(8-6-19)21-9-11-24-12-10-21/h3,5-12,18H,1,4,13-17H2,2H3,(H,25,28). The van der Waals surface area contributed by atoms with Crippen molar-refractivity contribution in [1.82, 2.24) is 20.1 Å². The van der Waals surface area contributed by atoms with Crippen LogP contribution >= 0.6 is 0 Å². The number of nitrogens with zero attached hydrogens (tertiary/aromatic N) is 3. The third-order valence-corrected chi connectivity index (χ3v) is 5.23. The maximum Gasteiger partial charge on any atom is 0.311 e. The van der Waals surface area contributed by atoms with Crippen molar-refractivity contribution >= 4 is 11.8 Å². The molecule has 6 nitrogen and oxygen atoms in total. The number of rotatable bonds is 5. The van der Waals surface area contributed by atoms with Crippen LogP contribution in [0.25, 0.3) is 11.1 Å². The molecule has 1 saturated heterocycles. The van der Waals surface area contributed by atoms with Gasteiger partial charge in [0.1, 0.15) is 0 Å². The second-order valence-electron chi connectivity index (χ2n) is 7.29. The largest absolute Gasteiger partial charge is 0.341 e. The molecule has 29 heavy (non-hydrogen) atoms. The van der Waals surface area contributed by atoms with Crippen molar-refractivity contribution in [2.24, 2.45) is 0 Å². The van der Waals surface area contributed by atoms with Crippen molar-refractivity contribution in [3.8, 4) is 11.1 Å². The second-order valence-corrected chi connectivity index (χ2v) is 7.29. The van der Waals surface area contributed by atoms with Gasteiger partial charge in [0.2, 0.25) is 0 Å². The molecule has 1 aliphatic heterocycles. The number of carbonyl (C=O) groups excluding carboxylic acids is 2. The lowest BCUT2D eigenvalue weighted by atomic mass is 10.0. The number of pyridine rings is 1. The van der Waals surface area contributed by atoms with Gasteiger partial charge in [-0.15, -0.1) is 6.58 Å². The van der Waals surface area contributed by atoms with Crippen LogP contribution in [0.4, 0.5) is 0 Å². The summed E-state index contributed by atoms with van der Waals surface area (Å²) in [4.78, 5) is 33.0. The fourth-order valence-corrected chi connectivity index (χ4v) is 3.53. The molecule has 1 unspecified atom stereocenters. The molecule has 0 radical (unpaired) electrons. The Balaban J connectivity index is 1.57. The highest BCUT2D eigenvalue weighted by molar-refractivity contribution is 6.35. The maximum absolute atomic E-state index is 12.6. The van der Waals surface area contributed by atoms with E-state index in [-0.39, 0.29) is 6.04 Å². The van der Waals surface area contributed by atoms with Gasteiger partial charge >= 0.3 is 11.8 Å². The molecule has 0 bridgehead atoms. The molecule has 3 rings (SSSR count). The van der Waals surface area contributed by atoms with Gasteiger partial charge in [0.25, 0.3) is 0 Å². The number of amides is 2. The Hall–Kier alpha value is -2.99. The van der Waals surface area contributed by atoms with E-state index >= 15 is 0 Å². The van der Waals surface area contributed by atoms with Crippen molar-refractivity contribution in [2.45, 2.75) is 19.4 Å². The van der Waals surface area contributed by atoms with Gasteiger partial charge < -0.3 is 10.2 Å². The number of carbonyl (C=O) groups is 2. The highest BCUT2D eigenvalue weighted by atomic mass is 16.2. The summed E-state index contributed by atoms with van der Waals surface area (Å²) in [5.41, 5.74) is 3.13. The van der Waals surface area contributed by atoms with Crippen LogP contribution < -0.4 is 5.32 Å². The Kier molecular flexibility index (Phi) is 7.14. The summed E-state index contributed by atoms with van der Waals surface area (Å²) >= 11 is 0. The topological polar surface area (TPSA) is 65.5 Å². The molecule has 0 aliphatic carbocycles. The van der Waals surface area contributed by atoms with Gasteiger partial charge in [-0.3, -0.25) is 19.5 Å². The molecule has 2 amide bonds. The van der Waals surface area contributed by atoms with Crippen LogP contribution in [0.5, 0.6) is 0 Å². The predicted octanol–water partition coefficient (Wildman–Crippen LogP) is 2.65. The Morgan fingerprint density at radius 1 is 1.07 bits per heavy atom. The van der Waals surface area contributed by atoms with Crippen LogP contribution in [0.2, 0.25) is 0 Å². The molecule has 1 fully saturated rings. The Bertz CT molecular complexity index is 836. The van der Waals surface area contributed by atoms with Crippen LogP contribution in [0.3, 0.4) is 0 Å². The van der Waals surface area contributed by atoms with Crippen LogP contribution in [0, 0.1) is 0 Å². The van der Waals surface area contributed by atoms with E-state index in [1.165, 1.54) is 0 Å². The van der Waals surface area contributed by atoms with Gasteiger partial charge in [-0.2, -0.15) is 0 Å². The van der Waals surface area contributed by atoms with Crippen molar-refractivity contribution in [1.29, 1.82) is 0 Å². The highest BCUT2D eigenvalue weighted by Crippen LogP contribution is 2.21. The maximum atomic E-state index is 12.6. The molecule has 0 saturated carbocycles. The average Bonchev–Trinajstić information content (AvgIpc) is 3.00. The summed E-state index contributed by atoms with van der Waals surface area (Å²) in [5.74, 6) is -1.00. The number of hydrogen-bond acceptors (Lipinski definition) is 4. The number of nitrogens with one attached hydrogen (secondary N) is 1. The number of hydrogen-bond donors (Lipinski definition) is 1. The minimum Gasteiger partial charge on any atom is -0.341 e. The van der Waals surface area contributed by atoms with Crippen molar-refractivity contribution < 1.29 is 9.59 Å². The van der Waals surface area contributed by atoms with E-state index in [1.807, 2.05) is 49.4 Å². The van der Waals surface area contributed by atoms with Gasteiger partial charge in [-0.1, -0.05) is 30.3 Å². The lowest BCUT2D eigenvalue weighted by Crippen LogP contribution is -2.45. The minimum atomic E-state index is -0.548. The van der Waals surface area contributed by atoms with E-state index in [4.69, 9.17) is 0 Å². The first-order valence-electron chi connectivity index (χ1n) is 10.0. The van der Waals surface area contributed by atoms with E-state index in [0.29, 0.717) is 13.1 Å². The van der Waals surface area contributed by atoms with Gasteiger partial charge in [0, 0.05) is 45.1 Å². The average molecular weight is 393 g/mol. The molecule has 152 valence electrons. The molecule has 0 spiro atoms. The summed E-state index contributed by atoms with van der Waals surface area (Å²) in [6.07, 6.45) is 6.25. The third-order valence-electron chi connectivity index (χ3n) is 5.23. The molecule has 2 heterocycles. The Morgan fingerprint density at radius 3 is 2.45 bits per heavy atom. The van der Waals surface area contributed by atoms with E-state index in [1.54, 1.807) is 17.3 Å². The lowest BCUT2D eigenvalue weighted by Gasteiger charge is -2.22. The number of aromatic nitrogens is 1. The molecule has 1 aromatic carbocycles. The van der Waals surface area contributed by atoms with Crippen LogP contribution in [-0.2, 0) is 9.59 Å². The second kappa shape index (κ2) is 9.98. The molecule has 1 N–H and O–H groups in total. The van der Waals surface area contributed by atoms with E-state index in [0.717, 1.165) is 42.7 Å². The van der Waals surface area contributed by atoms with E-state index < -0.39 is 11.8 Å². The zero-order valence-corrected chi connectivity index (χ0v) is 16.9. The normalized spacial score (nSPS) is 16.0. The molecular weight excluding hydrogens is 364 g/mol. The van der Waals surface area contributed by atoms with Gasteiger partial charge in [-0.05, 0) is 42.2 Å². The lowest BCUT2D eigenvalue weighted by molar-refractivity contribution is -0.146. The van der Waals surface area contributed by atoms with Crippen molar-refractivity contribution in [3.05, 3.63) is 67.0 Å². The highest BCUT2D eigenvalue weighted by Gasteiger charge is 2.25. The van der Waals surface area contributed by atoms with E-state index in [9.17, 15) is 9.59 Å². The molecular formula is C23H28N4O2. The molecule has 1 atom stereocenters. The summed E-state index contributed by atoms with van der Waals surface area (Å²) < 4.78 is 0. The van der Waals surface area contributed by atoms with Crippen LogP contribution in [0.15, 0.2) is 61.4 Å². The van der Waals surface area contributed by atoms with Crippen LogP contribution in [-0.4, -0.2) is 59.3 Å². The third kappa shape index (κ3) is 5.51. The van der Waals surface area contributed by atoms with Crippen LogP contribution in [0.1, 0.15) is 24.9 Å². The molecule has 6 heteroatoms. The van der Waals surface area contributed by atoms with Gasteiger partial charge in [0.05, 0.1) is 6.04 Å². The smallest absolute Gasteiger partial charge is 0.311 e. The summed E-state index contributed by atoms with van der Waals surface area (Å²) in [7, 11) is 0. The van der Waals surface area contributed by atoms with Crippen molar-refractivity contribution in [3.63, 3.8) is 0 Å². The summed E-state index contributed by atoms with van der Waals surface area (Å²) in [6.45, 7) is 9.30. The zero-order chi connectivity index (χ0) is 20.6. The molecule has 1 aromatic heterocycles. The number of benzene rings is 1. The fraction of sp³-hybridized carbons (Fsp3) is 0.348. The summed E-state index contributed by atoms with van der Waals surface area (Å²) in [6, 6.07) is 11.6. The first-order valence-corrected chi connectivity index (χ1v) is 10.0. The first-order chi connectivity index (χ1) is 14.1. The Morgan fingerprint density at radius 2 is 1.76 bits per heavy atom. The molecule has 2 aromatic rings. The van der Waals surface area contributed by atoms with Gasteiger partial charge in [0.15, 0.2) is 0 Å². The first kappa shape index (κ1) is 20.7.